The summed E-state index contributed by atoms with van der Waals surface area (Å²) >= 11 is 11.9. The van der Waals surface area contributed by atoms with E-state index in [9.17, 15) is 4.79 Å². The fourth-order valence-electron chi connectivity index (χ4n) is 1.08. The molecule has 0 spiro atoms. The topological polar surface area (TPSA) is 101 Å². The number of nitrogens with two attached hydrogens (primary N) is 1. The zero-order valence-corrected chi connectivity index (χ0v) is 10.8. The van der Waals surface area contributed by atoms with E-state index >= 15 is 0 Å². The van der Waals surface area contributed by atoms with E-state index in [1.165, 1.54) is 25.3 Å². The standard InChI is InChI=1S/C10H10Cl2N4O2/c1-5(17)18-6-2-8(11)7(9(12)3-6)4-15-16-10(13)14/h2-4H,1H3,(H4,13,14,16)/b15-4+. The minimum absolute atomic E-state index is 0.245. The van der Waals surface area contributed by atoms with Crippen LogP contribution in [-0.4, -0.2) is 18.1 Å². The van der Waals surface area contributed by atoms with Gasteiger partial charge < -0.3 is 10.5 Å². The number of ether oxygens (including phenoxy) is 1. The molecule has 1 aromatic carbocycles. The molecule has 0 unspecified atom stereocenters. The van der Waals surface area contributed by atoms with Gasteiger partial charge in [0.25, 0.3) is 0 Å². The number of benzene rings is 1. The van der Waals surface area contributed by atoms with Crippen LogP contribution >= 0.6 is 23.2 Å². The molecule has 4 N–H and O–H groups in total. The number of rotatable bonds is 3. The first-order valence-corrected chi connectivity index (χ1v) is 5.46. The van der Waals surface area contributed by atoms with Crippen LogP contribution in [0.25, 0.3) is 0 Å². The highest BCUT2D eigenvalue weighted by molar-refractivity contribution is 6.38. The van der Waals surface area contributed by atoms with Gasteiger partial charge in [0.2, 0.25) is 5.96 Å². The number of nitrogens with zero attached hydrogens (tertiary/aromatic N) is 1. The molecule has 1 rings (SSSR count). The SMILES string of the molecule is CC(=O)Oc1cc(Cl)c(/C=N/NC(=N)N)c(Cl)c1. The molecule has 0 atom stereocenters. The van der Waals surface area contributed by atoms with Crippen LogP contribution < -0.4 is 15.9 Å². The molecule has 0 amide bonds. The number of hydrazone groups is 1. The van der Waals surface area contributed by atoms with E-state index in [1.807, 2.05) is 0 Å². The molecule has 0 bridgehead atoms. The van der Waals surface area contributed by atoms with Gasteiger partial charge in [-0.2, -0.15) is 5.10 Å². The van der Waals surface area contributed by atoms with Gasteiger partial charge in [0.15, 0.2) is 0 Å². The summed E-state index contributed by atoms with van der Waals surface area (Å²) in [6, 6.07) is 2.87. The fourth-order valence-corrected chi connectivity index (χ4v) is 1.64. The second-order valence-corrected chi connectivity index (χ2v) is 3.99. The largest absolute Gasteiger partial charge is 0.427 e. The van der Waals surface area contributed by atoms with Crippen molar-refractivity contribution in [3.63, 3.8) is 0 Å². The first-order valence-electron chi connectivity index (χ1n) is 4.70. The molecule has 8 heteroatoms. The fraction of sp³-hybridized carbons (Fsp3) is 0.100. The van der Waals surface area contributed by atoms with Gasteiger partial charge in [0, 0.05) is 24.6 Å². The van der Waals surface area contributed by atoms with Crippen molar-refractivity contribution in [3.05, 3.63) is 27.7 Å². The van der Waals surface area contributed by atoms with Crippen LogP contribution in [0.1, 0.15) is 12.5 Å². The highest BCUT2D eigenvalue weighted by Gasteiger charge is 2.08. The summed E-state index contributed by atoms with van der Waals surface area (Å²) < 4.78 is 4.85. The first-order chi connectivity index (χ1) is 8.40. The minimum Gasteiger partial charge on any atom is -0.427 e. The van der Waals surface area contributed by atoms with Crippen molar-refractivity contribution in [1.82, 2.24) is 5.43 Å². The lowest BCUT2D eigenvalue weighted by Gasteiger charge is -2.06. The summed E-state index contributed by atoms with van der Waals surface area (Å²) in [5.41, 5.74) is 7.69. The molecule has 0 aliphatic carbocycles. The normalized spacial score (nSPS) is 10.4. The van der Waals surface area contributed by atoms with E-state index in [0.29, 0.717) is 5.56 Å². The van der Waals surface area contributed by atoms with E-state index in [1.54, 1.807) is 0 Å². The smallest absolute Gasteiger partial charge is 0.308 e. The Morgan fingerprint density at radius 3 is 2.50 bits per heavy atom. The van der Waals surface area contributed by atoms with Crippen LogP contribution in [0.15, 0.2) is 17.2 Å². The van der Waals surface area contributed by atoms with Crippen LogP contribution in [0.2, 0.25) is 10.0 Å². The molecule has 0 aliphatic rings. The van der Waals surface area contributed by atoms with E-state index in [0.717, 1.165) is 0 Å². The van der Waals surface area contributed by atoms with Gasteiger partial charge in [0.05, 0.1) is 16.3 Å². The summed E-state index contributed by atoms with van der Waals surface area (Å²) in [6.07, 6.45) is 1.31. The quantitative estimate of drug-likeness (QED) is 0.259. The number of hydrogen-bond acceptors (Lipinski definition) is 4. The van der Waals surface area contributed by atoms with Gasteiger partial charge >= 0.3 is 5.97 Å². The molecule has 1 aromatic rings. The molecule has 6 nitrogen and oxygen atoms in total. The van der Waals surface area contributed by atoms with E-state index in [2.05, 4.69) is 10.5 Å². The van der Waals surface area contributed by atoms with E-state index in [4.69, 9.17) is 39.1 Å². The lowest BCUT2D eigenvalue weighted by Crippen LogP contribution is -2.25. The maximum Gasteiger partial charge on any atom is 0.308 e. The molecule has 18 heavy (non-hydrogen) atoms. The summed E-state index contributed by atoms with van der Waals surface area (Å²) in [4.78, 5) is 10.8. The predicted molar refractivity (Wildman–Crippen MR) is 70.4 cm³/mol. The van der Waals surface area contributed by atoms with Crippen molar-refractivity contribution in [2.24, 2.45) is 10.8 Å². The second kappa shape index (κ2) is 6.23. The number of hydrogen-bond donors (Lipinski definition) is 3. The molecule has 0 saturated carbocycles. The molecule has 0 heterocycles. The summed E-state index contributed by atoms with van der Waals surface area (Å²) in [6.45, 7) is 1.27. The van der Waals surface area contributed by atoms with Gasteiger partial charge in [0.1, 0.15) is 5.75 Å². The maximum atomic E-state index is 10.8. The number of esters is 1. The van der Waals surface area contributed by atoms with Gasteiger partial charge in [-0.05, 0) is 0 Å². The Hall–Kier alpha value is -1.79. The highest BCUT2D eigenvalue weighted by Crippen LogP contribution is 2.29. The van der Waals surface area contributed by atoms with Gasteiger partial charge in [-0.3, -0.25) is 10.2 Å². The number of carbonyl (C=O) groups is 1. The lowest BCUT2D eigenvalue weighted by molar-refractivity contribution is -0.131. The molecule has 0 aliphatic heterocycles. The van der Waals surface area contributed by atoms with Crippen molar-refractivity contribution in [2.45, 2.75) is 6.92 Å². The first kappa shape index (κ1) is 14.3. The molecule has 0 aromatic heterocycles. The van der Waals surface area contributed by atoms with E-state index < -0.39 is 5.97 Å². The number of nitrogens with one attached hydrogen (secondary N) is 2. The zero-order chi connectivity index (χ0) is 13.7. The second-order valence-electron chi connectivity index (χ2n) is 3.18. The number of carbonyl (C=O) groups excluding carboxylic acids is 1. The van der Waals surface area contributed by atoms with Gasteiger partial charge in [-0.15, -0.1) is 0 Å². The van der Waals surface area contributed by atoms with Crippen LogP contribution in [0.3, 0.4) is 0 Å². The Balaban J connectivity index is 2.97. The Morgan fingerprint density at radius 1 is 1.50 bits per heavy atom. The average molecular weight is 289 g/mol. The Bertz CT molecular complexity index is 494. The average Bonchev–Trinajstić information content (AvgIpc) is 2.20. The van der Waals surface area contributed by atoms with Gasteiger partial charge in [-0.1, -0.05) is 23.2 Å². The summed E-state index contributed by atoms with van der Waals surface area (Å²) in [5.74, 6) is -0.536. The predicted octanol–water partition coefficient (Wildman–Crippen LogP) is 1.74. The third kappa shape index (κ3) is 4.23. The van der Waals surface area contributed by atoms with Crippen LogP contribution in [0.4, 0.5) is 0 Å². The summed E-state index contributed by atoms with van der Waals surface area (Å²) in [7, 11) is 0. The maximum absolute atomic E-state index is 10.8. The zero-order valence-electron chi connectivity index (χ0n) is 9.33. The van der Waals surface area contributed by atoms with Crippen molar-refractivity contribution in [1.29, 1.82) is 5.41 Å². The van der Waals surface area contributed by atoms with Crippen LogP contribution in [-0.2, 0) is 4.79 Å². The molecule has 0 fully saturated rings. The Labute approximate surface area is 113 Å². The lowest BCUT2D eigenvalue weighted by atomic mass is 10.2. The minimum atomic E-state index is -0.471. The molecule has 96 valence electrons. The summed E-state index contributed by atoms with van der Waals surface area (Å²) in [5, 5.41) is 11.1. The number of guanidine groups is 1. The van der Waals surface area contributed by atoms with Crippen molar-refractivity contribution in [2.75, 3.05) is 0 Å². The third-order valence-electron chi connectivity index (χ3n) is 1.69. The third-order valence-corrected chi connectivity index (χ3v) is 2.32. The van der Waals surface area contributed by atoms with Crippen molar-refractivity contribution < 1.29 is 9.53 Å². The molecule has 0 saturated heterocycles. The van der Waals surface area contributed by atoms with Crippen LogP contribution in [0.5, 0.6) is 5.75 Å². The highest BCUT2D eigenvalue weighted by atomic mass is 35.5. The van der Waals surface area contributed by atoms with Crippen molar-refractivity contribution in [3.8, 4) is 5.75 Å². The van der Waals surface area contributed by atoms with Crippen molar-refractivity contribution >= 4 is 41.3 Å². The number of halogens is 2. The molecular formula is C10H10Cl2N4O2. The van der Waals surface area contributed by atoms with Crippen LogP contribution in [0, 0.1) is 5.41 Å². The Morgan fingerprint density at radius 2 is 2.06 bits per heavy atom. The Kier molecular flexibility index (Phi) is 4.94. The van der Waals surface area contributed by atoms with Gasteiger partial charge in [-0.25, -0.2) is 5.43 Å². The monoisotopic (exact) mass is 288 g/mol. The molecule has 0 radical (unpaired) electrons. The van der Waals surface area contributed by atoms with E-state index in [-0.39, 0.29) is 21.8 Å². The molecular weight excluding hydrogens is 279 g/mol.